The largest absolute Gasteiger partial charge is 0.487 e. The molecule has 0 saturated heterocycles. The molecule has 0 radical (unpaired) electrons. The number of rotatable bonds is 10. The number of carbonyl (C=O) groups is 2. The third-order valence-electron chi connectivity index (χ3n) is 7.47. The van der Waals surface area contributed by atoms with E-state index in [0.29, 0.717) is 30.1 Å². The first-order chi connectivity index (χ1) is 17.7. The molecule has 2 aliphatic rings. The standard InChI is InChI=1S/C28H37N3O5S/c1-19-24-18-23(30-37(3,34)35)14-15-25(24)36-27(19)26(20-8-5-4-6-9-20)29-22-12-10-21(11-13-22)28(33)31(2)16-7-17-32/h10-15,17-20,26-27,29-30H,4-9,16H2,1-3H3. The number of anilines is 2. The van der Waals surface area contributed by atoms with Gasteiger partial charge in [0.2, 0.25) is 10.0 Å². The van der Waals surface area contributed by atoms with Gasteiger partial charge in [0.25, 0.3) is 5.91 Å². The van der Waals surface area contributed by atoms with E-state index in [1.165, 1.54) is 19.3 Å². The molecular weight excluding hydrogens is 490 g/mol. The Balaban J connectivity index is 1.53. The Morgan fingerprint density at radius 2 is 1.78 bits per heavy atom. The fourth-order valence-electron chi connectivity index (χ4n) is 5.53. The van der Waals surface area contributed by atoms with E-state index in [0.717, 1.165) is 42.4 Å². The molecule has 3 unspecified atom stereocenters. The summed E-state index contributed by atoms with van der Waals surface area (Å²) in [5.74, 6) is 1.19. The molecule has 2 aromatic rings. The predicted octanol–water partition coefficient (Wildman–Crippen LogP) is 4.64. The van der Waals surface area contributed by atoms with Gasteiger partial charge in [0.1, 0.15) is 18.1 Å². The van der Waals surface area contributed by atoms with Crippen LogP contribution in [-0.4, -0.2) is 57.5 Å². The third kappa shape index (κ3) is 6.63. The molecular formula is C28H37N3O5S. The van der Waals surface area contributed by atoms with Gasteiger partial charge in [-0.1, -0.05) is 26.2 Å². The van der Waals surface area contributed by atoms with Crippen LogP contribution in [0, 0.1) is 5.92 Å². The van der Waals surface area contributed by atoms with Crippen LogP contribution in [0.2, 0.25) is 0 Å². The van der Waals surface area contributed by atoms with Crippen LogP contribution in [0.15, 0.2) is 42.5 Å². The quantitative estimate of drug-likeness (QED) is 0.436. The van der Waals surface area contributed by atoms with Crippen LogP contribution in [-0.2, 0) is 14.8 Å². The summed E-state index contributed by atoms with van der Waals surface area (Å²) >= 11 is 0. The summed E-state index contributed by atoms with van der Waals surface area (Å²) < 4.78 is 32.5. The van der Waals surface area contributed by atoms with Gasteiger partial charge in [0.05, 0.1) is 12.3 Å². The molecule has 200 valence electrons. The van der Waals surface area contributed by atoms with Gasteiger partial charge in [0.15, 0.2) is 0 Å². The van der Waals surface area contributed by atoms with Gasteiger partial charge in [-0.25, -0.2) is 8.42 Å². The maximum Gasteiger partial charge on any atom is 0.253 e. The molecule has 4 rings (SSSR count). The maximum atomic E-state index is 12.7. The van der Waals surface area contributed by atoms with Crippen molar-refractivity contribution in [3.63, 3.8) is 0 Å². The molecule has 2 aromatic carbocycles. The van der Waals surface area contributed by atoms with Gasteiger partial charge in [-0.15, -0.1) is 0 Å². The van der Waals surface area contributed by atoms with Crippen LogP contribution in [0.1, 0.15) is 67.3 Å². The van der Waals surface area contributed by atoms with E-state index in [4.69, 9.17) is 4.74 Å². The van der Waals surface area contributed by atoms with Crippen molar-refractivity contribution >= 4 is 33.6 Å². The number of fused-ring (bicyclic) bond motifs is 1. The molecule has 1 fully saturated rings. The minimum atomic E-state index is -3.37. The van der Waals surface area contributed by atoms with E-state index < -0.39 is 10.0 Å². The zero-order valence-electron chi connectivity index (χ0n) is 21.8. The lowest BCUT2D eigenvalue weighted by Crippen LogP contribution is -2.44. The number of aldehydes is 1. The summed E-state index contributed by atoms with van der Waals surface area (Å²) in [4.78, 5) is 24.8. The minimum absolute atomic E-state index is 0.0610. The molecule has 0 bridgehead atoms. The minimum Gasteiger partial charge on any atom is -0.487 e. The van der Waals surface area contributed by atoms with Crippen LogP contribution in [0.4, 0.5) is 11.4 Å². The van der Waals surface area contributed by atoms with E-state index in [1.807, 2.05) is 36.4 Å². The first-order valence-corrected chi connectivity index (χ1v) is 14.9. The summed E-state index contributed by atoms with van der Waals surface area (Å²) in [5, 5.41) is 3.73. The first kappa shape index (κ1) is 27.0. The van der Waals surface area contributed by atoms with Crippen molar-refractivity contribution in [1.82, 2.24) is 4.90 Å². The smallest absolute Gasteiger partial charge is 0.253 e. The fraction of sp³-hybridized carbons (Fsp3) is 0.500. The molecule has 9 heteroatoms. The number of hydrogen-bond acceptors (Lipinski definition) is 6. The molecule has 1 heterocycles. The Bertz CT molecular complexity index is 1210. The second-order valence-electron chi connectivity index (χ2n) is 10.3. The summed E-state index contributed by atoms with van der Waals surface area (Å²) in [6.07, 6.45) is 8.06. The molecule has 1 aliphatic carbocycles. The van der Waals surface area contributed by atoms with Crippen molar-refractivity contribution in [3.05, 3.63) is 53.6 Å². The third-order valence-corrected chi connectivity index (χ3v) is 8.07. The lowest BCUT2D eigenvalue weighted by Gasteiger charge is -2.36. The average molecular weight is 528 g/mol. The summed E-state index contributed by atoms with van der Waals surface area (Å²) in [5.41, 5.74) is 3.05. The summed E-state index contributed by atoms with van der Waals surface area (Å²) in [6, 6.07) is 13.0. The maximum absolute atomic E-state index is 12.7. The number of amides is 1. The Hall–Kier alpha value is -3.07. The van der Waals surface area contributed by atoms with E-state index in [1.54, 1.807) is 18.0 Å². The highest BCUT2D eigenvalue weighted by atomic mass is 32.2. The lowest BCUT2D eigenvalue weighted by molar-refractivity contribution is -0.108. The van der Waals surface area contributed by atoms with E-state index in [2.05, 4.69) is 17.0 Å². The second kappa shape index (κ2) is 11.5. The van der Waals surface area contributed by atoms with Crippen LogP contribution in [0.25, 0.3) is 0 Å². The number of nitrogens with one attached hydrogen (secondary N) is 2. The van der Waals surface area contributed by atoms with Crippen molar-refractivity contribution < 1.29 is 22.7 Å². The summed E-state index contributed by atoms with van der Waals surface area (Å²) in [7, 11) is -1.67. The molecule has 0 aromatic heterocycles. The van der Waals surface area contributed by atoms with Crippen molar-refractivity contribution in [2.75, 3.05) is 29.9 Å². The van der Waals surface area contributed by atoms with Crippen molar-refractivity contribution in [2.24, 2.45) is 5.92 Å². The second-order valence-corrected chi connectivity index (χ2v) is 12.1. The molecule has 0 spiro atoms. The Kier molecular flexibility index (Phi) is 8.42. The van der Waals surface area contributed by atoms with E-state index >= 15 is 0 Å². The van der Waals surface area contributed by atoms with E-state index in [-0.39, 0.29) is 24.0 Å². The van der Waals surface area contributed by atoms with Crippen molar-refractivity contribution in [2.45, 2.75) is 63.5 Å². The van der Waals surface area contributed by atoms with Gasteiger partial charge in [-0.05, 0) is 61.2 Å². The number of ether oxygens (including phenoxy) is 1. The SMILES string of the molecule is CC1c2cc(NS(C)(=O)=O)ccc2OC1C(Nc1ccc(C(=O)N(C)CCC=O)cc1)C1CCCCC1. The summed E-state index contributed by atoms with van der Waals surface area (Å²) in [6.45, 7) is 2.53. The lowest BCUT2D eigenvalue weighted by atomic mass is 9.78. The average Bonchev–Trinajstić information content (AvgIpc) is 3.20. The number of nitrogens with zero attached hydrogens (tertiary/aromatic N) is 1. The predicted molar refractivity (Wildman–Crippen MR) is 146 cm³/mol. The van der Waals surface area contributed by atoms with Gasteiger partial charge in [-0.3, -0.25) is 9.52 Å². The molecule has 1 amide bonds. The fourth-order valence-corrected chi connectivity index (χ4v) is 6.09. The number of carbonyl (C=O) groups excluding carboxylic acids is 2. The molecule has 2 N–H and O–H groups in total. The highest BCUT2D eigenvalue weighted by Gasteiger charge is 2.41. The van der Waals surface area contributed by atoms with Crippen molar-refractivity contribution in [3.8, 4) is 5.75 Å². The number of sulfonamides is 1. The normalized spacial score (nSPS) is 20.4. The van der Waals surface area contributed by atoms with E-state index in [9.17, 15) is 18.0 Å². The van der Waals surface area contributed by atoms with Gasteiger partial charge >= 0.3 is 0 Å². The van der Waals surface area contributed by atoms with Crippen LogP contribution < -0.4 is 14.8 Å². The Morgan fingerprint density at radius 1 is 1.11 bits per heavy atom. The van der Waals surface area contributed by atoms with Gasteiger partial charge < -0.3 is 19.7 Å². The zero-order valence-corrected chi connectivity index (χ0v) is 22.6. The first-order valence-electron chi connectivity index (χ1n) is 13.0. The monoisotopic (exact) mass is 527 g/mol. The Labute approximate surface area is 219 Å². The molecule has 37 heavy (non-hydrogen) atoms. The number of hydrogen-bond donors (Lipinski definition) is 2. The highest BCUT2D eigenvalue weighted by molar-refractivity contribution is 7.92. The Morgan fingerprint density at radius 3 is 2.43 bits per heavy atom. The van der Waals surface area contributed by atoms with Gasteiger partial charge in [-0.2, -0.15) is 0 Å². The highest BCUT2D eigenvalue weighted by Crippen LogP contribution is 2.44. The molecule has 8 nitrogen and oxygen atoms in total. The number of benzene rings is 2. The topological polar surface area (TPSA) is 105 Å². The van der Waals surface area contributed by atoms with Crippen molar-refractivity contribution in [1.29, 1.82) is 0 Å². The van der Waals surface area contributed by atoms with Crippen LogP contribution >= 0.6 is 0 Å². The van der Waals surface area contributed by atoms with Crippen LogP contribution in [0.5, 0.6) is 5.75 Å². The van der Waals surface area contributed by atoms with Gasteiger partial charge in [0, 0.05) is 48.4 Å². The molecule has 1 saturated carbocycles. The molecule has 3 atom stereocenters. The zero-order chi connectivity index (χ0) is 26.6. The molecule has 1 aliphatic heterocycles. The van der Waals surface area contributed by atoms with Crippen LogP contribution in [0.3, 0.4) is 0 Å².